The van der Waals surface area contributed by atoms with E-state index in [9.17, 15) is 14.4 Å². The van der Waals surface area contributed by atoms with E-state index in [1.165, 1.54) is 0 Å². The highest BCUT2D eigenvalue weighted by Gasteiger charge is 2.14. The maximum absolute atomic E-state index is 10.9. The second-order valence-electron chi connectivity index (χ2n) is 11.2. The summed E-state index contributed by atoms with van der Waals surface area (Å²) in [5.41, 5.74) is 10.6. The van der Waals surface area contributed by atoms with E-state index in [1.54, 1.807) is 0 Å². The molecule has 0 aliphatic carbocycles. The van der Waals surface area contributed by atoms with Gasteiger partial charge in [-0.05, 0) is 96.1 Å². The zero-order valence-electron chi connectivity index (χ0n) is 27.6. The molecule has 0 fully saturated rings. The summed E-state index contributed by atoms with van der Waals surface area (Å²) in [6, 6.07) is 28.4. The van der Waals surface area contributed by atoms with Crippen LogP contribution in [0.2, 0.25) is 15.1 Å². The highest BCUT2D eigenvalue weighted by atomic mass is 35.5. The average molecular weight is 701 g/mol. The molecule has 6 nitrogen and oxygen atoms in total. The molecule has 3 aromatic heterocycles. The van der Waals surface area contributed by atoms with E-state index >= 15 is 0 Å². The summed E-state index contributed by atoms with van der Waals surface area (Å²) in [5, 5.41) is 2.05. The molecule has 0 spiro atoms. The van der Waals surface area contributed by atoms with Crippen molar-refractivity contribution in [3.63, 3.8) is 0 Å². The standard InChI is InChI=1S/3C13H12ClNO/c3*1-9-7-11(8-16)10(2)15(9)13-6-4-3-5-12(13)14/h3*3-8H,1-2H3. The third-order valence-electron chi connectivity index (χ3n) is 8.07. The maximum atomic E-state index is 10.9. The Hall–Kier alpha value is -4.62. The molecule has 246 valence electrons. The van der Waals surface area contributed by atoms with E-state index in [4.69, 9.17) is 34.8 Å². The minimum absolute atomic E-state index is 0.682. The Bertz CT molecular complexity index is 1870. The molecule has 0 N–H and O–H groups in total. The van der Waals surface area contributed by atoms with Crippen molar-refractivity contribution in [2.45, 2.75) is 41.5 Å². The molecule has 0 unspecified atom stereocenters. The lowest BCUT2D eigenvalue weighted by atomic mass is 10.2. The first-order chi connectivity index (χ1) is 22.9. The van der Waals surface area contributed by atoms with Crippen LogP contribution >= 0.6 is 34.8 Å². The highest BCUT2D eigenvalue weighted by Crippen LogP contribution is 2.28. The Morgan fingerprint density at radius 1 is 0.417 bits per heavy atom. The Morgan fingerprint density at radius 2 is 0.646 bits per heavy atom. The van der Waals surface area contributed by atoms with Crippen molar-refractivity contribution in [2.75, 3.05) is 0 Å². The fourth-order valence-electron chi connectivity index (χ4n) is 5.73. The first-order valence-corrected chi connectivity index (χ1v) is 16.3. The highest BCUT2D eigenvalue weighted by molar-refractivity contribution is 6.33. The monoisotopic (exact) mass is 699 g/mol. The van der Waals surface area contributed by atoms with Gasteiger partial charge in [0.25, 0.3) is 0 Å². The molecule has 0 radical (unpaired) electrons. The van der Waals surface area contributed by atoms with Gasteiger partial charge in [0.1, 0.15) is 0 Å². The number of hydrogen-bond acceptors (Lipinski definition) is 3. The molecule has 0 saturated heterocycles. The van der Waals surface area contributed by atoms with Gasteiger partial charge in [-0.1, -0.05) is 71.2 Å². The molecule has 9 heteroatoms. The molecule has 0 amide bonds. The molecule has 0 aliphatic heterocycles. The molecule has 3 aromatic carbocycles. The number of aromatic nitrogens is 3. The normalized spacial score (nSPS) is 10.4. The number of carbonyl (C=O) groups excluding carboxylic acids is 3. The molecular formula is C39H36Cl3N3O3. The van der Waals surface area contributed by atoms with Gasteiger partial charge in [0.05, 0.1) is 32.1 Å². The van der Waals surface area contributed by atoms with Gasteiger partial charge < -0.3 is 13.7 Å². The number of nitrogens with zero attached hydrogens (tertiary/aromatic N) is 3. The zero-order chi connectivity index (χ0) is 35.1. The van der Waals surface area contributed by atoms with Crippen LogP contribution in [-0.4, -0.2) is 32.6 Å². The van der Waals surface area contributed by atoms with Gasteiger partial charge in [0.2, 0.25) is 0 Å². The second-order valence-corrected chi connectivity index (χ2v) is 12.4. The van der Waals surface area contributed by atoms with Gasteiger partial charge in [0, 0.05) is 50.9 Å². The first-order valence-electron chi connectivity index (χ1n) is 15.1. The third kappa shape index (κ3) is 7.57. The summed E-state index contributed by atoms with van der Waals surface area (Å²) in [6.07, 6.45) is 2.61. The van der Waals surface area contributed by atoms with Gasteiger partial charge in [-0.2, -0.15) is 0 Å². The zero-order valence-corrected chi connectivity index (χ0v) is 29.9. The Morgan fingerprint density at radius 3 is 0.833 bits per heavy atom. The number of aldehydes is 3. The van der Waals surface area contributed by atoms with Crippen molar-refractivity contribution in [1.82, 2.24) is 13.7 Å². The fourth-order valence-corrected chi connectivity index (χ4v) is 6.39. The molecular weight excluding hydrogens is 665 g/mol. The van der Waals surface area contributed by atoms with E-state index in [2.05, 4.69) is 0 Å². The minimum Gasteiger partial charge on any atom is -0.316 e. The maximum Gasteiger partial charge on any atom is 0.151 e. The quantitative estimate of drug-likeness (QED) is 0.162. The van der Waals surface area contributed by atoms with Crippen LogP contribution in [0, 0.1) is 41.5 Å². The van der Waals surface area contributed by atoms with E-state index in [0.29, 0.717) is 31.8 Å². The summed E-state index contributed by atoms with van der Waals surface area (Å²) >= 11 is 18.4. The molecule has 0 saturated carbocycles. The lowest BCUT2D eigenvalue weighted by molar-refractivity contribution is 0.111. The number of benzene rings is 3. The number of carbonyl (C=O) groups is 3. The molecule has 6 rings (SSSR count). The summed E-state index contributed by atoms with van der Waals surface area (Å²) in [4.78, 5) is 32.6. The fraction of sp³-hybridized carbons (Fsp3) is 0.154. The second kappa shape index (κ2) is 16.0. The van der Waals surface area contributed by atoms with Crippen LogP contribution in [0.3, 0.4) is 0 Å². The Labute approximate surface area is 296 Å². The van der Waals surface area contributed by atoms with Crippen LogP contribution in [0.25, 0.3) is 17.1 Å². The van der Waals surface area contributed by atoms with Gasteiger partial charge >= 0.3 is 0 Å². The molecule has 3 heterocycles. The van der Waals surface area contributed by atoms with Crippen LogP contribution in [0.4, 0.5) is 0 Å². The Kier molecular flexibility index (Phi) is 12.1. The smallest absolute Gasteiger partial charge is 0.151 e. The lowest BCUT2D eigenvalue weighted by Gasteiger charge is -2.10. The summed E-state index contributed by atoms with van der Waals surface area (Å²) < 4.78 is 5.98. The van der Waals surface area contributed by atoms with E-state index in [-0.39, 0.29) is 0 Å². The molecule has 48 heavy (non-hydrogen) atoms. The van der Waals surface area contributed by atoms with Crippen LogP contribution in [0.15, 0.2) is 91.0 Å². The summed E-state index contributed by atoms with van der Waals surface area (Å²) in [6.45, 7) is 11.6. The van der Waals surface area contributed by atoms with Gasteiger partial charge in [-0.15, -0.1) is 0 Å². The molecule has 0 atom stereocenters. The summed E-state index contributed by atoms with van der Waals surface area (Å²) in [5.74, 6) is 0. The largest absolute Gasteiger partial charge is 0.316 e. The van der Waals surface area contributed by atoms with Crippen LogP contribution in [-0.2, 0) is 0 Å². The lowest BCUT2D eigenvalue weighted by Crippen LogP contribution is -2.00. The SMILES string of the molecule is Cc1cc(C=O)c(C)n1-c1ccccc1Cl.Cc1cc(C=O)c(C)n1-c1ccccc1Cl.Cc1cc(C=O)c(C)n1-c1ccccc1Cl. The van der Waals surface area contributed by atoms with Gasteiger partial charge in [-0.25, -0.2) is 0 Å². The van der Waals surface area contributed by atoms with Crippen LogP contribution in [0.1, 0.15) is 65.2 Å². The molecule has 0 bridgehead atoms. The van der Waals surface area contributed by atoms with E-state index < -0.39 is 0 Å². The summed E-state index contributed by atoms with van der Waals surface area (Å²) in [7, 11) is 0. The molecule has 6 aromatic rings. The van der Waals surface area contributed by atoms with Crippen molar-refractivity contribution in [2.24, 2.45) is 0 Å². The van der Waals surface area contributed by atoms with Crippen molar-refractivity contribution < 1.29 is 14.4 Å². The number of halogens is 3. The van der Waals surface area contributed by atoms with Crippen LogP contribution in [0.5, 0.6) is 0 Å². The first kappa shape index (κ1) is 36.2. The Balaban J connectivity index is 0.000000163. The predicted octanol–water partition coefficient (Wildman–Crippen LogP) is 10.7. The predicted molar refractivity (Wildman–Crippen MR) is 197 cm³/mol. The topological polar surface area (TPSA) is 66.0 Å². The minimum atomic E-state index is 0.682. The number of aryl methyl sites for hydroxylation is 3. The molecule has 0 aliphatic rings. The van der Waals surface area contributed by atoms with Crippen molar-refractivity contribution >= 4 is 53.7 Å². The van der Waals surface area contributed by atoms with E-state index in [0.717, 1.165) is 70.1 Å². The van der Waals surface area contributed by atoms with Crippen molar-refractivity contribution in [1.29, 1.82) is 0 Å². The van der Waals surface area contributed by atoms with Gasteiger partial charge in [-0.3, -0.25) is 14.4 Å². The van der Waals surface area contributed by atoms with Crippen molar-refractivity contribution in [3.05, 3.63) is 157 Å². The van der Waals surface area contributed by atoms with Crippen molar-refractivity contribution in [3.8, 4) is 17.1 Å². The van der Waals surface area contributed by atoms with E-state index in [1.807, 2.05) is 146 Å². The van der Waals surface area contributed by atoms with Gasteiger partial charge in [0.15, 0.2) is 18.9 Å². The third-order valence-corrected chi connectivity index (χ3v) is 9.03. The van der Waals surface area contributed by atoms with Crippen LogP contribution < -0.4 is 0 Å². The average Bonchev–Trinajstić information content (AvgIpc) is 3.65. The number of hydrogen-bond donors (Lipinski definition) is 0. The number of para-hydroxylation sites is 3. The number of rotatable bonds is 6.